The molecule has 3 atom stereocenters. The summed E-state index contributed by atoms with van der Waals surface area (Å²) in [6, 6.07) is 10.1. The Balaban J connectivity index is 2.02. The van der Waals surface area contributed by atoms with Gasteiger partial charge in [-0.25, -0.2) is 0 Å². The van der Waals surface area contributed by atoms with Gasteiger partial charge in [-0.15, -0.1) is 0 Å². The zero-order valence-corrected chi connectivity index (χ0v) is 12.9. The predicted octanol–water partition coefficient (Wildman–Crippen LogP) is 4.69. The zero-order chi connectivity index (χ0) is 13.8. The van der Waals surface area contributed by atoms with E-state index in [-0.39, 0.29) is 0 Å². The molecule has 106 valence electrons. The van der Waals surface area contributed by atoms with Crippen molar-refractivity contribution in [2.24, 2.45) is 5.92 Å². The molecule has 0 aromatic heterocycles. The molecule has 1 N–H and O–H groups in total. The van der Waals surface area contributed by atoms with Crippen LogP contribution in [0.1, 0.15) is 69.9 Å². The fraction of sp³-hybridized carbons (Fsp3) is 0.667. The van der Waals surface area contributed by atoms with Crippen LogP contribution < -0.4 is 5.32 Å². The lowest BCUT2D eigenvalue weighted by atomic mass is 9.87. The highest BCUT2D eigenvalue weighted by Crippen LogP contribution is 2.39. The Morgan fingerprint density at radius 1 is 1.16 bits per heavy atom. The first-order valence-electron chi connectivity index (χ1n) is 7.96. The Labute approximate surface area is 118 Å². The number of benzene rings is 1. The molecule has 3 unspecified atom stereocenters. The molecule has 19 heavy (non-hydrogen) atoms. The second-order valence-corrected chi connectivity index (χ2v) is 6.42. The van der Waals surface area contributed by atoms with Gasteiger partial charge in [0, 0.05) is 6.04 Å². The van der Waals surface area contributed by atoms with E-state index in [9.17, 15) is 0 Å². The smallest absolute Gasteiger partial charge is 0.00987 e. The van der Waals surface area contributed by atoms with Crippen LogP contribution in [-0.4, -0.2) is 12.6 Å². The Bertz CT molecular complexity index is 379. The highest BCUT2D eigenvalue weighted by atomic mass is 14.9. The molecule has 1 aliphatic carbocycles. The van der Waals surface area contributed by atoms with E-state index in [0.717, 1.165) is 24.4 Å². The molecule has 1 aromatic carbocycles. The molecule has 1 aliphatic rings. The van der Waals surface area contributed by atoms with Crippen LogP contribution in [0.2, 0.25) is 0 Å². The van der Waals surface area contributed by atoms with Crippen molar-refractivity contribution in [3.63, 3.8) is 0 Å². The normalized spacial score (nSPS) is 27.1. The average molecular weight is 259 g/mol. The Hall–Kier alpha value is -0.820. The van der Waals surface area contributed by atoms with E-state index >= 15 is 0 Å². The van der Waals surface area contributed by atoms with Crippen molar-refractivity contribution in [3.05, 3.63) is 35.4 Å². The first kappa shape index (κ1) is 14.6. The lowest BCUT2D eigenvalue weighted by Crippen LogP contribution is -2.32. The number of rotatable bonds is 5. The van der Waals surface area contributed by atoms with E-state index in [1.165, 1.54) is 30.4 Å². The minimum atomic E-state index is 0.633. The summed E-state index contributed by atoms with van der Waals surface area (Å²) in [7, 11) is 0. The van der Waals surface area contributed by atoms with Gasteiger partial charge in [0.25, 0.3) is 0 Å². The molecule has 1 nitrogen and oxygen atoms in total. The second-order valence-electron chi connectivity index (χ2n) is 6.42. The quantitative estimate of drug-likeness (QED) is 0.808. The summed E-state index contributed by atoms with van der Waals surface area (Å²) in [5.74, 6) is 2.14. The van der Waals surface area contributed by atoms with Crippen molar-refractivity contribution < 1.29 is 0 Å². The Morgan fingerprint density at radius 2 is 1.84 bits per heavy atom. The third kappa shape index (κ3) is 3.39. The van der Waals surface area contributed by atoms with Gasteiger partial charge >= 0.3 is 0 Å². The Morgan fingerprint density at radius 3 is 2.42 bits per heavy atom. The van der Waals surface area contributed by atoms with E-state index in [2.05, 4.69) is 57.3 Å². The molecule has 0 amide bonds. The second kappa shape index (κ2) is 6.56. The van der Waals surface area contributed by atoms with Gasteiger partial charge in [-0.05, 0) is 54.7 Å². The average Bonchev–Trinajstić information content (AvgIpc) is 2.78. The monoisotopic (exact) mass is 259 g/mol. The van der Waals surface area contributed by atoms with Gasteiger partial charge < -0.3 is 5.32 Å². The summed E-state index contributed by atoms with van der Waals surface area (Å²) in [5, 5.41) is 3.71. The van der Waals surface area contributed by atoms with Crippen molar-refractivity contribution in [1.82, 2.24) is 5.32 Å². The summed E-state index contributed by atoms with van der Waals surface area (Å²) in [6.45, 7) is 10.3. The molecule has 0 bridgehead atoms. The molecule has 2 rings (SSSR count). The maximum Gasteiger partial charge on any atom is 0.00987 e. The van der Waals surface area contributed by atoms with Gasteiger partial charge in [-0.3, -0.25) is 0 Å². The highest BCUT2D eigenvalue weighted by molar-refractivity contribution is 5.28. The third-order valence-electron chi connectivity index (χ3n) is 4.75. The van der Waals surface area contributed by atoms with Crippen molar-refractivity contribution >= 4 is 0 Å². The third-order valence-corrected chi connectivity index (χ3v) is 4.75. The summed E-state index contributed by atoms with van der Waals surface area (Å²) in [5.41, 5.74) is 2.99. The lowest BCUT2D eigenvalue weighted by Gasteiger charge is -2.22. The van der Waals surface area contributed by atoms with Crippen molar-refractivity contribution in [2.75, 3.05) is 6.54 Å². The van der Waals surface area contributed by atoms with Crippen molar-refractivity contribution in [1.29, 1.82) is 0 Å². The van der Waals surface area contributed by atoms with E-state index < -0.39 is 0 Å². The van der Waals surface area contributed by atoms with Crippen LogP contribution in [0.15, 0.2) is 24.3 Å². The van der Waals surface area contributed by atoms with Gasteiger partial charge in [0.05, 0.1) is 0 Å². The summed E-state index contributed by atoms with van der Waals surface area (Å²) in [4.78, 5) is 0. The molecule has 0 heterocycles. The zero-order valence-electron chi connectivity index (χ0n) is 12.9. The number of hydrogen-bond acceptors (Lipinski definition) is 1. The van der Waals surface area contributed by atoms with Crippen LogP contribution in [0.25, 0.3) is 0 Å². The largest absolute Gasteiger partial charge is 0.314 e. The topological polar surface area (TPSA) is 12.0 Å². The molecular formula is C18H29N. The first-order chi connectivity index (χ1) is 9.13. The minimum absolute atomic E-state index is 0.633. The van der Waals surface area contributed by atoms with Gasteiger partial charge in [0.2, 0.25) is 0 Å². The molecule has 1 heteroatoms. The van der Waals surface area contributed by atoms with Crippen LogP contribution >= 0.6 is 0 Å². The van der Waals surface area contributed by atoms with Crippen LogP contribution in [-0.2, 0) is 0 Å². The van der Waals surface area contributed by atoms with Crippen LogP contribution in [0.4, 0.5) is 0 Å². The molecule has 0 radical (unpaired) electrons. The van der Waals surface area contributed by atoms with Gasteiger partial charge in [0.15, 0.2) is 0 Å². The summed E-state index contributed by atoms with van der Waals surface area (Å²) < 4.78 is 0. The summed E-state index contributed by atoms with van der Waals surface area (Å²) in [6.07, 6.45) is 3.90. The number of nitrogens with one attached hydrogen (secondary N) is 1. The highest BCUT2D eigenvalue weighted by Gasteiger charge is 2.32. The maximum absolute atomic E-state index is 3.71. The first-order valence-corrected chi connectivity index (χ1v) is 7.96. The lowest BCUT2D eigenvalue weighted by molar-refractivity contribution is 0.405. The van der Waals surface area contributed by atoms with Crippen molar-refractivity contribution in [2.45, 2.75) is 64.8 Å². The van der Waals surface area contributed by atoms with E-state index in [4.69, 9.17) is 0 Å². The minimum Gasteiger partial charge on any atom is -0.314 e. The fourth-order valence-corrected chi connectivity index (χ4v) is 3.38. The van der Waals surface area contributed by atoms with Gasteiger partial charge in [-0.1, -0.05) is 52.0 Å². The van der Waals surface area contributed by atoms with Gasteiger partial charge in [0.1, 0.15) is 0 Å². The number of hydrogen-bond donors (Lipinski definition) is 1. The molecule has 1 saturated carbocycles. The van der Waals surface area contributed by atoms with Crippen LogP contribution in [0, 0.1) is 5.92 Å². The van der Waals surface area contributed by atoms with E-state index in [1.807, 2.05) is 0 Å². The summed E-state index contributed by atoms with van der Waals surface area (Å²) >= 11 is 0. The van der Waals surface area contributed by atoms with Crippen LogP contribution in [0.5, 0.6) is 0 Å². The molecule has 1 aromatic rings. The van der Waals surface area contributed by atoms with Crippen LogP contribution in [0.3, 0.4) is 0 Å². The maximum atomic E-state index is 3.71. The van der Waals surface area contributed by atoms with E-state index in [1.54, 1.807) is 0 Å². The SMILES string of the molecule is CCCNC1CCC(c2ccc(C(C)C)cc2)C1C. The van der Waals surface area contributed by atoms with E-state index in [0.29, 0.717) is 5.92 Å². The van der Waals surface area contributed by atoms with Gasteiger partial charge in [-0.2, -0.15) is 0 Å². The molecule has 1 fully saturated rings. The fourth-order valence-electron chi connectivity index (χ4n) is 3.38. The Kier molecular flexibility index (Phi) is 5.04. The molecule has 0 spiro atoms. The predicted molar refractivity (Wildman–Crippen MR) is 83.8 cm³/mol. The van der Waals surface area contributed by atoms with Crippen molar-refractivity contribution in [3.8, 4) is 0 Å². The molecule has 0 saturated heterocycles. The molecule has 0 aliphatic heterocycles. The molecular weight excluding hydrogens is 230 g/mol. The standard InChI is InChI=1S/C18H29N/c1-5-12-19-18-11-10-17(14(18)4)16-8-6-15(7-9-16)13(2)3/h6-9,13-14,17-19H,5,10-12H2,1-4H3.